The van der Waals surface area contributed by atoms with Crippen LogP contribution in [0, 0.1) is 12.7 Å². The molecule has 0 N–H and O–H groups in total. The third-order valence-corrected chi connectivity index (χ3v) is 6.35. The van der Waals surface area contributed by atoms with Gasteiger partial charge in [0.15, 0.2) is 18.1 Å². The van der Waals surface area contributed by atoms with E-state index in [1.165, 1.54) is 29.0 Å². The van der Waals surface area contributed by atoms with Crippen molar-refractivity contribution >= 4 is 46.8 Å². The van der Waals surface area contributed by atoms with Crippen molar-refractivity contribution in [3.8, 4) is 0 Å². The normalized spacial score (nSPS) is 12.6. The first-order chi connectivity index (χ1) is 17.0. The maximum Gasteiger partial charge on any atom is 0.357 e. The number of anilines is 2. The van der Waals surface area contributed by atoms with Gasteiger partial charge in [0.05, 0.1) is 11.4 Å². The van der Waals surface area contributed by atoms with Gasteiger partial charge in [-0.05, 0) is 65.4 Å². The molecule has 0 unspecified atom stereocenters. The van der Waals surface area contributed by atoms with Crippen molar-refractivity contribution in [2.45, 2.75) is 16.7 Å². The van der Waals surface area contributed by atoms with Gasteiger partial charge in [0.25, 0.3) is 5.91 Å². The first-order valence-corrected chi connectivity index (χ1v) is 11.4. The van der Waals surface area contributed by atoms with Crippen molar-refractivity contribution in [2.75, 3.05) is 11.5 Å². The van der Waals surface area contributed by atoms with Gasteiger partial charge in [-0.15, -0.1) is 5.10 Å². The summed E-state index contributed by atoms with van der Waals surface area (Å²) in [6.45, 7) is 1.09. The second-order valence-electron chi connectivity index (χ2n) is 7.57. The van der Waals surface area contributed by atoms with Crippen molar-refractivity contribution in [1.82, 2.24) is 20.2 Å². The van der Waals surface area contributed by atoms with Gasteiger partial charge in [-0.2, -0.15) is 4.68 Å². The number of halogens is 1. The van der Waals surface area contributed by atoms with Crippen LogP contribution in [0.15, 0.2) is 82.6 Å². The van der Waals surface area contributed by atoms with Gasteiger partial charge < -0.3 is 4.74 Å². The lowest BCUT2D eigenvalue weighted by molar-refractivity contribution is -0.142. The van der Waals surface area contributed by atoms with E-state index in [1.807, 2.05) is 48.5 Å². The molecule has 0 atom stereocenters. The molecule has 4 aromatic rings. The van der Waals surface area contributed by atoms with Crippen molar-refractivity contribution in [3.05, 3.63) is 90.0 Å². The van der Waals surface area contributed by atoms with Crippen molar-refractivity contribution < 1.29 is 18.7 Å². The molecular weight excluding hydrogens is 469 g/mol. The molecule has 0 saturated heterocycles. The molecule has 0 spiro atoms. The molecule has 1 amide bonds. The van der Waals surface area contributed by atoms with Crippen molar-refractivity contribution in [3.63, 3.8) is 0 Å². The smallest absolute Gasteiger partial charge is 0.357 e. The lowest BCUT2D eigenvalue weighted by Gasteiger charge is -2.30. The van der Waals surface area contributed by atoms with Gasteiger partial charge in [0, 0.05) is 9.79 Å². The Morgan fingerprint density at radius 2 is 1.69 bits per heavy atom. The Labute approximate surface area is 204 Å². The topological polar surface area (TPSA) is 90.2 Å². The highest BCUT2D eigenvalue weighted by atomic mass is 32.2. The summed E-state index contributed by atoms with van der Waals surface area (Å²) in [5.74, 6) is -1.38. The monoisotopic (exact) mass is 487 g/mol. The SMILES string of the molecule is Cc1nnnn1/C(=C/c1cccc(F)c1)C(=O)OCC(=O)N1c2ccccc2Sc2ccccc21. The zero-order valence-electron chi connectivity index (χ0n) is 18.5. The maximum absolute atomic E-state index is 13.7. The summed E-state index contributed by atoms with van der Waals surface area (Å²) in [5.41, 5.74) is 1.78. The van der Waals surface area contributed by atoms with E-state index >= 15 is 0 Å². The zero-order valence-corrected chi connectivity index (χ0v) is 19.3. The van der Waals surface area contributed by atoms with Crippen LogP contribution in [-0.4, -0.2) is 38.7 Å². The maximum atomic E-state index is 13.7. The van der Waals surface area contributed by atoms with Crippen LogP contribution in [0.25, 0.3) is 11.8 Å². The zero-order chi connectivity index (χ0) is 24.4. The minimum Gasteiger partial charge on any atom is -0.451 e. The minimum absolute atomic E-state index is 0.0547. The van der Waals surface area contributed by atoms with Gasteiger partial charge in [-0.25, -0.2) is 9.18 Å². The molecule has 3 aromatic carbocycles. The highest BCUT2D eigenvalue weighted by Gasteiger charge is 2.29. The third-order valence-electron chi connectivity index (χ3n) is 5.22. The van der Waals surface area contributed by atoms with Crippen LogP contribution in [0.1, 0.15) is 11.4 Å². The van der Waals surface area contributed by atoms with E-state index in [4.69, 9.17) is 4.74 Å². The standard InChI is InChI=1S/C25H18FN5O3S/c1-16-27-28-29-31(16)21(14-17-7-6-8-18(26)13-17)25(33)34-15-24(32)30-19-9-2-4-11-22(19)35-23-12-5-3-10-20(23)30/h2-14H,15H2,1H3/b21-14+. The van der Waals surface area contributed by atoms with Gasteiger partial charge in [-0.1, -0.05) is 48.2 Å². The van der Waals surface area contributed by atoms with E-state index in [1.54, 1.807) is 29.7 Å². The Morgan fingerprint density at radius 3 is 2.31 bits per heavy atom. The molecule has 0 saturated carbocycles. The molecule has 0 fully saturated rings. The number of benzene rings is 3. The molecule has 0 bridgehead atoms. The molecule has 5 rings (SSSR count). The molecule has 8 nitrogen and oxygen atoms in total. The summed E-state index contributed by atoms with van der Waals surface area (Å²) in [6.07, 6.45) is 1.40. The van der Waals surface area contributed by atoms with E-state index in [0.29, 0.717) is 22.8 Å². The molecule has 174 valence electrons. The van der Waals surface area contributed by atoms with Gasteiger partial charge in [0.2, 0.25) is 0 Å². The van der Waals surface area contributed by atoms with Crippen LogP contribution in [0.4, 0.5) is 15.8 Å². The number of amides is 1. The van der Waals surface area contributed by atoms with Crippen molar-refractivity contribution in [1.29, 1.82) is 0 Å². The molecular formula is C25H18FN5O3S. The fourth-order valence-electron chi connectivity index (χ4n) is 3.65. The summed E-state index contributed by atoms with van der Waals surface area (Å²) in [7, 11) is 0. The highest BCUT2D eigenvalue weighted by Crippen LogP contribution is 2.47. The van der Waals surface area contributed by atoms with E-state index in [2.05, 4.69) is 15.5 Å². The second-order valence-corrected chi connectivity index (χ2v) is 8.65. The predicted octanol–water partition coefficient (Wildman–Crippen LogP) is 4.49. The van der Waals surface area contributed by atoms with Crippen LogP contribution in [-0.2, 0) is 14.3 Å². The third kappa shape index (κ3) is 4.56. The molecule has 35 heavy (non-hydrogen) atoms. The van der Waals surface area contributed by atoms with E-state index in [-0.39, 0.29) is 5.70 Å². The number of rotatable bonds is 5. The predicted molar refractivity (Wildman–Crippen MR) is 128 cm³/mol. The number of hydrogen-bond donors (Lipinski definition) is 0. The van der Waals surface area contributed by atoms with Crippen LogP contribution in [0.2, 0.25) is 0 Å². The number of aryl methyl sites for hydroxylation is 1. The summed E-state index contributed by atoms with van der Waals surface area (Å²) in [5, 5.41) is 11.2. The van der Waals surface area contributed by atoms with Crippen LogP contribution < -0.4 is 4.90 Å². The summed E-state index contributed by atoms with van der Waals surface area (Å²) >= 11 is 1.57. The van der Waals surface area contributed by atoms with E-state index in [0.717, 1.165) is 9.79 Å². The van der Waals surface area contributed by atoms with E-state index in [9.17, 15) is 14.0 Å². The number of hydrogen-bond acceptors (Lipinski definition) is 7. The number of esters is 1. The van der Waals surface area contributed by atoms with Crippen LogP contribution >= 0.6 is 11.8 Å². The van der Waals surface area contributed by atoms with Crippen LogP contribution in [0.3, 0.4) is 0 Å². The summed E-state index contributed by atoms with van der Waals surface area (Å²) < 4.78 is 20.3. The Hall–Kier alpha value is -4.31. The largest absolute Gasteiger partial charge is 0.451 e. The number of para-hydroxylation sites is 2. The summed E-state index contributed by atoms with van der Waals surface area (Å²) in [4.78, 5) is 29.8. The molecule has 1 aromatic heterocycles. The second kappa shape index (κ2) is 9.51. The number of ether oxygens (including phenoxy) is 1. The number of fused-ring (bicyclic) bond motifs is 2. The number of carbonyl (C=O) groups excluding carboxylic acids is 2. The molecule has 2 heterocycles. The van der Waals surface area contributed by atoms with Crippen LogP contribution in [0.5, 0.6) is 0 Å². The quantitative estimate of drug-likeness (QED) is 0.303. The first-order valence-electron chi connectivity index (χ1n) is 10.6. The molecule has 0 radical (unpaired) electrons. The number of nitrogens with zero attached hydrogens (tertiary/aromatic N) is 5. The highest BCUT2D eigenvalue weighted by molar-refractivity contribution is 7.99. The minimum atomic E-state index is -0.828. The Morgan fingerprint density at radius 1 is 1.00 bits per heavy atom. The Bertz CT molecular complexity index is 1420. The van der Waals surface area contributed by atoms with Gasteiger partial charge >= 0.3 is 5.97 Å². The lowest BCUT2D eigenvalue weighted by Crippen LogP contribution is -2.33. The van der Waals surface area contributed by atoms with Gasteiger partial charge in [-0.3, -0.25) is 9.69 Å². The number of aromatic nitrogens is 4. The van der Waals surface area contributed by atoms with Crippen molar-refractivity contribution in [2.24, 2.45) is 0 Å². The first kappa shape index (κ1) is 22.5. The average Bonchev–Trinajstić information content (AvgIpc) is 3.29. The van der Waals surface area contributed by atoms with Gasteiger partial charge in [0.1, 0.15) is 5.82 Å². The number of tetrazole rings is 1. The van der Waals surface area contributed by atoms with E-state index < -0.39 is 24.3 Å². The Kier molecular flexibility index (Phi) is 6.11. The molecule has 1 aliphatic rings. The fraction of sp³-hybridized carbons (Fsp3) is 0.0800. The number of carbonyl (C=O) groups is 2. The summed E-state index contributed by atoms with van der Waals surface area (Å²) in [6, 6.07) is 20.8. The molecule has 10 heteroatoms. The Balaban J connectivity index is 1.42. The molecule has 1 aliphatic heterocycles. The lowest BCUT2D eigenvalue weighted by atomic mass is 10.2. The fourth-order valence-corrected chi connectivity index (χ4v) is 4.71. The average molecular weight is 488 g/mol. The molecule has 0 aliphatic carbocycles.